The number of aryl methyl sites for hydroxylation is 2. The van der Waals surface area contributed by atoms with Crippen molar-refractivity contribution < 1.29 is 4.74 Å². The summed E-state index contributed by atoms with van der Waals surface area (Å²) in [5.74, 6) is 1.76. The molecule has 2 aromatic carbocycles. The van der Waals surface area contributed by atoms with Gasteiger partial charge >= 0.3 is 0 Å². The van der Waals surface area contributed by atoms with E-state index in [0.717, 1.165) is 46.0 Å². The highest BCUT2D eigenvalue weighted by atomic mass is 16.5. The first-order chi connectivity index (χ1) is 10.1. The second-order valence-corrected chi connectivity index (χ2v) is 5.11. The standard InChI is InChI=1S/C17H19N3O/c1-4-20-16-8-7-13(21-3)10-15(16)19-17(20)12-6-5-11(2)14(18)9-12/h5-10H,4,18H2,1-3H3. The third-order valence-corrected chi connectivity index (χ3v) is 3.81. The van der Waals surface area contributed by atoms with Gasteiger partial charge in [0.2, 0.25) is 0 Å². The number of hydrogen-bond acceptors (Lipinski definition) is 3. The molecule has 0 spiro atoms. The minimum Gasteiger partial charge on any atom is -0.497 e. The summed E-state index contributed by atoms with van der Waals surface area (Å²) in [5, 5.41) is 0. The van der Waals surface area contributed by atoms with Gasteiger partial charge in [0.15, 0.2) is 0 Å². The number of ether oxygens (including phenoxy) is 1. The van der Waals surface area contributed by atoms with Crippen LogP contribution in [0.3, 0.4) is 0 Å². The SMILES string of the molecule is CCn1c(-c2ccc(C)c(N)c2)nc2cc(OC)ccc21. The van der Waals surface area contributed by atoms with Crippen molar-refractivity contribution in [3.05, 3.63) is 42.0 Å². The Kier molecular flexibility index (Phi) is 3.29. The zero-order valence-electron chi connectivity index (χ0n) is 12.6. The Labute approximate surface area is 124 Å². The molecular formula is C17H19N3O. The van der Waals surface area contributed by atoms with Crippen molar-refractivity contribution in [2.24, 2.45) is 0 Å². The molecule has 0 saturated heterocycles. The van der Waals surface area contributed by atoms with Crippen molar-refractivity contribution in [2.45, 2.75) is 20.4 Å². The summed E-state index contributed by atoms with van der Waals surface area (Å²) in [6.07, 6.45) is 0. The predicted octanol–water partition coefficient (Wildman–Crippen LogP) is 3.62. The summed E-state index contributed by atoms with van der Waals surface area (Å²) >= 11 is 0. The van der Waals surface area contributed by atoms with Gasteiger partial charge in [0.05, 0.1) is 18.1 Å². The van der Waals surface area contributed by atoms with E-state index in [1.807, 2.05) is 37.3 Å². The molecule has 0 aliphatic carbocycles. The van der Waals surface area contributed by atoms with Gasteiger partial charge in [-0.15, -0.1) is 0 Å². The van der Waals surface area contributed by atoms with Crippen LogP contribution in [0.4, 0.5) is 5.69 Å². The third-order valence-electron chi connectivity index (χ3n) is 3.81. The lowest BCUT2D eigenvalue weighted by Gasteiger charge is -2.08. The summed E-state index contributed by atoms with van der Waals surface area (Å²) < 4.78 is 7.47. The molecule has 0 unspecified atom stereocenters. The summed E-state index contributed by atoms with van der Waals surface area (Å²) in [7, 11) is 1.67. The minimum absolute atomic E-state index is 0.791. The van der Waals surface area contributed by atoms with Crippen molar-refractivity contribution in [1.29, 1.82) is 0 Å². The van der Waals surface area contributed by atoms with Gasteiger partial charge in [-0.1, -0.05) is 12.1 Å². The smallest absolute Gasteiger partial charge is 0.141 e. The van der Waals surface area contributed by atoms with E-state index < -0.39 is 0 Å². The number of nitrogens with two attached hydrogens (primary N) is 1. The second-order valence-electron chi connectivity index (χ2n) is 5.11. The zero-order chi connectivity index (χ0) is 15.0. The first kappa shape index (κ1) is 13.5. The van der Waals surface area contributed by atoms with Gasteiger partial charge < -0.3 is 15.0 Å². The van der Waals surface area contributed by atoms with E-state index in [9.17, 15) is 0 Å². The van der Waals surface area contributed by atoms with Crippen LogP contribution in [0, 0.1) is 6.92 Å². The number of nitrogen functional groups attached to an aromatic ring is 1. The van der Waals surface area contributed by atoms with Crippen molar-refractivity contribution in [3.63, 3.8) is 0 Å². The molecule has 1 heterocycles. The lowest BCUT2D eigenvalue weighted by atomic mass is 10.1. The second kappa shape index (κ2) is 5.13. The Morgan fingerprint density at radius 1 is 1.19 bits per heavy atom. The number of hydrogen-bond donors (Lipinski definition) is 1. The van der Waals surface area contributed by atoms with Gasteiger partial charge in [0.1, 0.15) is 11.6 Å². The number of rotatable bonds is 3. The number of fused-ring (bicyclic) bond motifs is 1. The predicted molar refractivity (Wildman–Crippen MR) is 86.5 cm³/mol. The van der Waals surface area contributed by atoms with Gasteiger partial charge in [-0.05, 0) is 37.6 Å². The van der Waals surface area contributed by atoms with Crippen LogP contribution in [0.1, 0.15) is 12.5 Å². The number of imidazole rings is 1. The Bertz CT molecular complexity index is 805. The molecule has 4 nitrogen and oxygen atoms in total. The van der Waals surface area contributed by atoms with Gasteiger partial charge in [0.25, 0.3) is 0 Å². The maximum absolute atomic E-state index is 6.03. The summed E-state index contributed by atoms with van der Waals surface area (Å²) in [6.45, 7) is 4.98. The molecule has 0 saturated carbocycles. The monoisotopic (exact) mass is 281 g/mol. The molecule has 1 aromatic heterocycles. The molecule has 0 aliphatic rings. The molecule has 0 bridgehead atoms. The lowest BCUT2D eigenvalue weighted by molar-refractivity contribution is 0.415. The van der Waals surface area contributed by atoms with Crippen molar-refractivity contribution in [3.8, 4) is 17.1 Å². The number of benzene rings is 2. The van der Waals surface area contributed by atoms with E-state index >= 15 is 0 Å². The maximum atomic E-state index is 6.03. The molecule has 0 atom stereocenters. The summed E-state index contributed by atoms with van der Waals surface area (Å²) in [6, 6.07) is 12.1. The fourth-order valence-electron chi connectivity index (χ4n) is 2.56. The average Bonchev–Trinajstić information content (AvgIpc) is 2.87. The Balaban J connectivity index is 2.23. The molecule has 2 N–H and O–H groups in total. The normalized spacial score (nSPS) is 11.0. The third kappa shape index (κ3) is 2.23. The summed E-state index contributed by atoms with van der Waals surface area (Å²) in [5.41, 5.74) is 11.0. The fourth-order valence-corrected chi connectivity index (χ4v) is 2.56. The molecule has 0 aliphatic heterocycles. The Morgan fingerprint density at radius 2 is 2.00 bits per heavy atom. The number of anilines is 1. The molecule has 0 radical (unpaired) electrons. The van der Waals surface area contributed by atoms with E-state index in [4.69, 9.17) is 15.5 Å². The van der Waals surface area contributed by atoms with Crippen LogP contribution < -0.4 is 10.5 Å². The molecule has 3 rings (SSSR count). The van der Waals surface area contributed by atoms with Gasteiger partial charge in [-0.25, -0.2) is 4.98 Å². The van der Waals surface area contributed by atoms with Crippen LogP contribution >= 0.6 is 0 Å². The van der Waals surface area contributed by atoms with Crippen LogP contribution in [0.5, 0.6) is 5.75 Å². The Morgan fingerprint density at radius 3 is 2.67 bits per heavy atom. The van der Waals surface area contributed by atoms with Crippen molar-refractivity contribution >= 4 is 16.7 Å². The number of methoxy groups -OCH3 is 1. The van der Waals surface area contributed by atoms with Gasteiger partial charge in [-0.2, -0.15) is 0 Å². The number of aromatic nitrogens is 2. The largest absolute Gasteiger partial charge is 0.497 e. The molecule has 4 heteroatoms. The van der Waals surface area contributed by atoms with E-state index in [2.05, 4.69) is 17.6 Å². The van der Waals surface area contributed by atoms with Crippen LogP contribution in [0.2, 0.25) is 0 Å². The van der Waals surface area contributed by atoms with Crippen LogP contribution in [0.15, 0.2) is 36.4 Å². The summed E-state index contributed by atoms with van der Waals surface area (Å²) in [4.78, 5) is 4.76. The van der Waals surface area contributed by atoms with E-state index in [1.165, 1.54) is 0 Å². The van der Waals surface area contributed by atoms with Crippen LogP contribution in [-0.2, 0) is 6.54 Å². The highest BCUT2D eigenvalue weighted by molar-refractivity contribution is 5.82. The van der Waals surface area contributed by atoms with Gasteiger partial charge in [-0.3, -0.25) is 0 Å². The zero-order valence-corrected chi connectivity index (χ0v) is 12.6. The first-order valence-electron chi connectivity index (χ1n) is 7.04. The maximum Gasteiger partial charge on any atom is 0.141 e. The Hall–Kier alpha value is -2.49. The highest BCUT2D eigenvalue weighted by Crippen LogP contribution is 2.29. The fraction of sp³-hybridized carbons (Fsp3) is 0.235. The molecule has 108 valence electrons. The molecule has 3 aromatic rings. The lowest BCUT2D eigenvalue weighted by Crippen LogP contribution is -1.98. The average molecular weight is 281 g/mol. The van der Waals surface area contributed by atoms with Crippen molar-refractivity contribution in [2.75, 3.05) is 12.8 Å². The minimum atomic E-state index is 0.791. The molecule has 21 heavy (non-hydrogen) atoms. The van der Waals surface area contributed by atoms with E-state index in [-0.39, 0.29) is 0 Å². The van der Waals surface area contributed by atoms with Crippen LogP contribution in [0.25, 0.3) is 22.4 Å². The molecule has 0 fully saturated rings. The van der Waals surface area contributed by atoms with E-state index in [1.54, 1.807) is 7.11 Å². The molecule has 0 amide bonds. The van der Waals surface area contributed by atoms with E-state index in [0.29, 0.717) is 0 Å². The van der Waals surface area contributed by atoms with Crippen molar-refractivity contribution in [1.82, 2.24) is 9.55 Å². The topological polar surface area (TPSA) is 53.1 Å². The highest BCUT2D eigenvalue weighted by Gasteiger charge is 2.12. The first-order valence-corrected chi connectivity index (χ1v) is 7.04. The quantitative estimate of drug-likeness (QED) is 0.746. The number of nitrogens with zero attached hydrogens (tertiary/aromatic N) is 2. The molecular weight excluding hydrogens is 262 g/mol. The van der Waals surface area contributed by atoms with Gasteiger partial charge in [0, 0.05) is 23.9 Å². The van der Waals surface area contributed by atoms with Crippen LogP contribution in [-0.4, -0.2) is 16.7 Å².